The number of carbonyl (C=O) groups excluding carboxylic acids is 1. The molecule has 0 aliphatic rings. The molecule has 0 saturated heterocycles. The molecule has 2 N–H and O–H groups in total. The number of oxazole rings is 1. The molecule has 0 aliphatic carbocycles. The largest absolute Gasteiger partial charge is 0.436 e. The lowest BCUT2D eigenvalue weighted by atomic mass is 10.1. The van der Waals surface area contributed by atoms with E-state index in [1.54, 1.807) is 0 Å². The number of fused-ring (bicyclic) bond motifs is 1. The number of aryl methyl sites for hydroxylation is 2. The van der Waals surface area contributed by atoms with E-state index in [0.29, 0.717) is 5.89 Å². The minimum atomic E-state index is -0.212. The normalized spacial score (nSPS) is 10.7. The number of anilines is 1. The first-order valence-corrected chi connectivity index (χ1v) is 8.32. The van der Waals surface area contributed by atoms with E-state index in [2.05, 4.69) is 21.7 Å². The third-order valence-corrected chi connectivity index (χ3v) is 4.13. The number of hydrogen-bond donors (Lipinski definition) is 2. The molecule has 0 fully saturated rings. The second-order valence-electron chi connectivity index (χ2n) is 6.06. The third-order valence-electron chi connectivity index (χ3n) is 3.92. The van der Waals surface area contributed by atoms with E-state index in [1.165, 1.54) is 6.92 Å². The number of thiocarbonyl (C=S) groups is 1. The Morgan fingerprint density at radius 3 is 2.68 bits per heavy atom. The molecule has 2 aromatic carbocycles. The van der Waals surface area contributed by atoms with Crippen LogP contribution in [0.1, 0.15) is 23.6 Å². The maximum Gasteiger partial charge on any atom is 0.227 e. The van der Waals surface area contributed by atoms with E-state index >= 15 is 0 Å². The molecule has 3 rings (SSSR count). The van der Waals surface area contributed by atoms with Crippen molar-refractivity contribution in [2.45, 2.75) is 27.7 Å². The van der Waals surface area contributed by atoms with Crippen molar-refractivity contribution in [2.75, 3.05) is 5.32 Å². The predicted molar refractivity (Wildman–Crippen MR) is 104 cm³/mol. The molecule has 1 aromatic heterocycles. The molecule has 0 spiro atoms. The van der Waals surface area contributed by atoms with Gasteiger partial charge in [0.15, 0.2) is 10.7 Å². The molecule has 3 aromatic rings. The molecule has 0 saturated carbocycles. The molecular weight excluding hydrogens is 334 g/mol. The summed E-state index contributed by atoms with van der Waals surface area (Å²) in [4.78, 5) is 15.7. The Kier molecular flexibility index (Phi) is 4.55. The van der Waals surface area contributed by atoms with Crippen molar-refractivity contribution in [3.8, 4) is 11.5 Å². The quantitative estimate of drug-likeness (QED) is 0.674. The monoisotopic (exact) mass is 353 g/mol. The van der Waals surface area contributed by atoms with Crippen LogP contribution in [-0.4, -0.2) is 16.0 Å². The number of nitrogens with one attached hydrogen (secondary N) is 2. The molecule has 1 heterocycles. The first-order valence-electron chi connectivity index (χ1n) is 7.91. The number of nitrogens with zero attached hydrogens (tertiary/aromatic N) is 1. The first kappa shape index (κ1) is 17.1. The molecule has 25 heavy (non-hydrogen) atoms. The van der Waals surface area contributed by atoms with E-state index in [0.717, 1.165) is 39.0 Å². The minimum Gasteiger partial charge on any atom is -0.436 e. The number of amides is 1. The first-order chi connectivity index (χ1) is 11.8. The minimum absolute atomic E-state index is 0.212. The van der Waals surface area contributed by atoms with Crippen molar-refractivity contribution in [2.24, 2.45) is 0 Å². The molecule has 5 nitrogen and oxygen atoms in total. The second-order valence-corrected chi connectivity index (χ2v) is 6.47. The highest BCUT2D eigenvalue weighted by Crippen LogP contribution is 2.32. The van der Waals surface area contributed by atoms with Crippen molar-refractivity contribution < 1.29 is 9.21 Å². The molecule has 0 atom stereocenters. The molecule has 0 radical (unpaired) electrons. The summed E-state index contributed by atoms with van der Waals surface area (Å²) in [5, 5.41) is 5.85. The standard InChI is InChI=1S/C19H19N3O2S/c1-10-8-11(2)17-16(9-10)21-18(24-17)14-6-5-7-15(12(14)3)22-19(25)20-13(4)23/h5-9H,1-4H3,(H2,20,22,23,25). The van der Waals surface area contributed by atoms with Gasteiger partial charge in [-0.3, -0.25) is 4.79 Å². The number of carbonyl (C=O) groups is 1. The zero-order valence-corrected chi connectivity index (χ0v) is 15.4. The number of rotatable bonds is 2. The van der Waals surface area contributed by atoms with Gasteiger partial charge in [0, 0.05) is 18.2 Å². The molecule has 0 unspecified atom stereocenters. The summed E-state index contributed by atoms with van der Waals surface area (Å²) in [6.45, 7) is 7.43. The fraction of sp³-hybridized carbons (Fsp3) is 0.211. The maximum absolute atomic E-state index is 11.1. The van der Waals surface area contributed by atoms with Crippen LogP contribution in [0.25, 0.3) is 22.6 Å². The average Bonchev–Trinajstić information content (AvgIpc) is 2.92. The second kappa shape index (κ2) is 6.64. The lowest BCUT2D eigenvalue weighted by Crippen LogP contribution is -2.32. The summed E-state index contributed by atoms with van der Waals surface area (Å²) in [7, 11) is 0. The Morgan fingerprint density at radius 1 is 1.20 bits per heavy atom. The third kappa shape index (κ3) is 3.53. The lowest BCUT2D eigenvalue weighted by Gasteiger charge is -2.12. The highest BCUT2D eigenvalue weighted by Gasteiger charge is 2.15. The van der Waals surface area contributed by atoms with Gasteiger partial charge >= 0.3 is 0 Å². The topological polar surface area (TPSA) is 67.2 Å². The SMILES string of the molecule is CC(=O)NC(=S)Nc1cccc(-c2nc3cc(C)cc(C)c3o2)c1C. The fourth-order valence-electron chi connectivity index (χ4n) is 2.81. The van der Waals surface area contributed by atoms with Crippen molar-refractivity contribution in [1.29, 1.82) is 0 Å². The zero-order chi connectivity index (χ0) is 18.1. The van der Waals surface area contributed by atoms with Gasteiger partial charge in [-0.05, 0) is 67.9 Å². The van der Waals surface area contributed by atoms with Crippen LogP contribution in [0.3, 0.4) is 0 Å². The zero-order valence-electron chi connectivity index (χ0n) is 14.6. The smallest absolute Gasteiger partial charge is 0.227 e. The molecule has 0 bridgehead atoms. The molecule has 6 heteroatoms. The molecular formula is C19H19N3O2S. The van der Waals surface area contributed by atoms with E-state index in [4.69, 9.17) is 16.6 Å². The van der Waals surface area contributed by atoms with Gasteiger partial charge in [-0.25, -0.2) is 4.98 Å². The van der Waals surface area contributed by atoms with E-state index < -0.39 is 0 Å². The molecule has 128 valence electrons. The van der Waals surface area contributed by atoms with Gasteiger partial charge in [0.25, 0.3) is 0 Å². The Labute approximate surface area is 151 Å². The Morgan fingerprint density at radius 2 is 1.96 bits per heavy atom. The van der Waals surface area contributed by atoms with Gasteiger partial charge in [-0.15, -0.1) is 0 Å². The van der Waals surface area contributed by atoms with Crippen molar-refractivity contribution in [3.05, 3.63) is 47.0 Å². The predicted octanol–water partition coefficient (Wildman–Crippen LogP) is 4.25. The van der Waals surface area contributed by atoms with Gasteiger partial charge in [0.2, 0.25) is 11.8 Å². The lowest BCUT2D eigenvalue weighted by molar-refractivity contribution is -0.117. The van der Waals surface area contributed by atoms with Gasteiger partial charge in [-0.2, -0.15) is 0 Å². The average molecular weight is 353 g/mol. The van der Waals surface area contributed by atoms with E-state index in [1.807, 2.05) is 45.0 Å². The van der Waals surface area contributed by atoms with Crippen LogP contribution in [0.4, 0.5) is 5.69 Å². The van der Waals surface area contributed by atoms with Crippen LogP contribution >= 0.6 is 12.2 Å². The highest BCUT2D eigenvalue weighted by atomic mass is 32.1. The van der Waals surface area contributed by atoms with Gasteiger partial charge in [0.1, 0.15) is 5.52 Å². The van der Waals surface area contributed by atoms with Gasteiger partial charge in [0.05, 0.1) is 0 Å². The van der Waals surface area contributed by atoms with Crippen LogP contribution in [0.2, 0.25) is 0 Å². The van der Waals surface area contributed by atoms with E-state index in [9.17, 15) is 4.79 Å². The summed E-state index contributed by atoms with van der Waals surface area (Å²) in [5.74, 6) is 0.353. The van der Waals surface area contributed by atoms with Crippen LogP contribution in [0.5, 0.6) is 0 Å². The maximum atomic E-state index is 11.1. The Hall–Kier alpha value is -2.73. The van der Waals surface area contributed by atoms with Crippen molar-refractivity contribution >= 4 is 40.0 Å². The van der Waals surface area contributed by atoms with Crippen LogP contribution < -0.4 is 10.6 Å². The number of hydrogen-bond acceptors (Lipinski definition) is 4. The molecule has 0 aliphatic heterocycles. The van der Waals surface area contributed by atoms with Crippen molar-refractivity contribution in [3.63, 3.8) is 0 Å². The molecule has 1 amide bonds. The van der Waals surface area contributed by atoms with Crippen molar-refractivity contribution in [1.82, 2.24) is 10.3 Å². The van der Waals surface area contributed by atoms with Crippen LogP contribution in [0.15, 0.2) is 34.7 Å². The van der Waals surface area contributed by atoms with Crippen LogP contribution in [0, 0.1) is 20.8 Å². The summed E-state index contributed by atoms with van der Waals surface area (Å²) in [6.07, 6.45) is 0. The Balaban J connectivity index is 2.01. The summed E-state index contributed by atoms with van der Waals surface area (Å²) in [6, 6.07) is 9.83. The highest BCUT2D eigenvalue weighted by molar-refractivity contribution is 7.80. The number of benzene rings is 2. The number of aromatic nitrogens is 1. The van der Waals surface area contributed by atoms with E-state index in [-0.39, 0.29) is 11.0 Å². The van der Waals surface area contributed by atoms with Gasteiger partial charge < -0.3 is 15.1 Å². The summed E-state index contributed by atoms with van der Waals surface area (Å²) < 4.78 is 6.00. The summed E-state index contributed by atoms with van der Waals surface area (Å²) in [5.41, 5.74) is 6.47. The Bertz CT molecular complexity index is 992. The fourth-order valence-corrected chi connectivity index (χ4v) is 3.06. The van der Waals surface area contributed by atoms with Gasteiger partial charge in [-0.1, -0.05) is 12.1 Å². The summed E-state index contributed by atoms with van der Waals surface area (Å²) >= 11 is 5.13. The van der Waals surface area contributed by atoms with Crippen LogP contribution in [-0.2, 0) is 4.79 Å².